The third-order valence-electron chi connectivity index (χ3n) is 3.85. The number of rotatable bonds is 5. The van der Waals surface area contributed by atoms with Crippen molar-refractivity contribution in [2.24, 2.45) is 5.10 Å². The van der Waals surface area contributed by atoms with E-state index >= 15 is 0 Å². The fraction of sp³-hybridized carbons (Fsp3) is 0.0526. The molecule has 0 spiro atoms. The van der Waals surface area contributed by atoms with Gasteiger partial charge < -0.3 is 4.57 Å². The Bertz CT molecular complexity index is 1050. The van der Waals surface area contributed by atoms with Crippen LogP contribution in [0.15, 0.2) is 65.9 Å². The summed E-state index contributed by atoms with van der Waals surface area (Å²) < 4.78 is 3.22. The van der Waals surface area contributed by atoms with Crippen molar-refractivity contribution < 1.29 is 0 Å². The van der Waals surface area contributed by atoms with Gasteiger partial charge in [0.25, 0.3) is 0 Å². The summed E-state index contributed by atoms with van der Waals surface area (Å²) in [6.07, 6.45) is 3.78. The number of halogens is 2. The van der Waals surface area contributed by atoms with E-state index in [1.165, 1.54) is 0 Å². The van der Waals surface area contributed by atoms with Gasteiger partial charge in [0, 0.05) is 12.7 Å². The first-order valence-electron chi connectivity index (χ1n) is 7.93. The highest BCUT2D eigenvalue weighted by atomic mass is 35.5. The number of para-hydroxylation sites is 1. The molecular formula is C19H14Cl2N4S. The molecule has 0 radical (unpaired) electrons. The van der Waals surface area contributed by atoms with E-state index in [2.05, 4.69) is 20.1 Å². The molecule has 4 nitrogen and oxygen atoms in total. The largest absolute Gasteiger partial charge is 0.342 e. The predicted octanol–water partition coefficient (Wildman–Crippen LogP) is 5.90. The second-order valence-corrected chi connectivity index (χ2v) is 7.51. The standard InChI is InChI=1S/C19H14Cl2N4S/c20-15-8-7-13(10-16(15)21)12-25-9-3-4-14(25)11-22-24-19-23-17-5-1-2-6-18(17)26-19/h1-11H,12H2,(H,23,24)/b22-11-. The average molecular weight is 401 g/mol. The van der Waals surface area contributed by atoms with Crippen molar-refractivity contribution in [2.45, 2.75) is 6.54 Å². The van der Waals surface area contributed by atoms with Gasteiger partial charge in [-0.25, -0.2) is 4.98 Å². The molecule has 0 unspecified atom stereocenters. The minimum atomic E-state index is 0.559. The van der Waals surface area contributed by atoms with Crippen LogP contribution in [0, 0.1) is 0 Å². The Labute approximate surface area is 164 Å². The highest BCUT2D eigenvalue weighted by molar-refractivity contribution is 7.22. The van der Waals surface area contributed by atoms with Crippen LogP contribution in [-0.4, -0.2) is 15.8 Å². The van der Waals surface area contributed by atoms with Gasteiger partial charge in [0.05, 0.1) is 32.2 Å². The van der Waals surface area contributed by atoms with E-state index in [1.54, 1.807) is 17.6 Å². The summed E-state index contributed by atoms with van der Waals surface area (Å²) in [5, 5.41) is 6.21. The van der Waals surface area contributed by atoms with Crippen LogP contribution >= 0.6 is 34.5 Å². The van der Waals surface area contributed by atoms with Gasteiger partial charge in [0.1, 0.15) is 0 Å². The van der Waals surface area contributed by atoms with Gasteiger partial charge in [-0.1, -0.05) is 52.7 Å². The lowest BCUT2D eigenvalue weighted by atomic mass is 10.2. The SMILES string of the molecule is Clc1ccc(Cn2cccc2/C=N\Nc2nc3ccccc3s2)cc1Cl. The molecule has 0 amide bonds. The van der Waals surface area contributed by atoms with E-state index in [0.29, 0.717) is 16.6 Å². The third kappa shape index (κ3) is 3.75. The van der Waals surface area contributed by atoms with Crippen molar-refractivity contribution in [1.82, 2.24) is 9.55 Å². The van der Waals surface area contributed by atoms with Crippen molar-refractivity contribution >= 4 is 56.1 Å². The van der Waals surface area contributed by atoms with Gasteiger partial charge in [-0.05, 0) is 42.0 Å². The number of anilines is 1. The Kier molecular flexibility index (Phi) is 4.93. The zero-order valence-corrected chi connectivity index (χ0v) is 15.9. The molecule has 130 valence electrons. The van der Waals surface area contributed by atoms with Crippen molar-refractivity contribution in [3.05, 3.63) is 82.1 Å². The number of benzene rings is 2. The van der Waals surface area contributed by atoms with Crippen molar-refractivity contribution in [3.8, 4) is 0 Å². The maximum absolute atomic E-state index is 6.10. The Morgan fingerprint density at radius 2 is 1.96 bits per heavy atom. The first kappa shape index (κ1) is 17.1. The Balaban J connectivity index is 1.47. The van der Waals surface area contributed by atoms with Crippen LogP contribution in [0.2, 0.25) is 10.0 Å². The Morgan fingerprint density at radius 3 is 2.81 bits per heavy atom. The summed E-state index contributed by atoms with van der Waals surface area (Å²) in [6.45, 7) is 0.687. The van der Waals surface area contributed by atoms with Crippen LogP contribution < -0.4 is 5.43 Å². The lowest BCUT2D eigenvalue weighted by Gasteiger charge is -2.07. The summed E-state index contributed by atoms with van der Waals surface area (Å²) in [7, 11) is 0. The number of fused-ring (bicyclic) bond motifs is 1. The lowest BCUT2D eigenvalue weighted by molar-refractivity contribution is 0.800. The van der Waals surface area contributed by atoms with E-state index in [4.69, 9.17) is 23.2 Å². The topological polar surface area (TPSA) is 42.2 Å². The van der Waals surface area contributed by atoms with Gasteiger partial charge in [0.15, 0.2) is 0 Å². The average Bonchev–Trinajstić information content (AvgIpc) is 3.24. The second kappa shape index (κ2) is 7.50. The molecule has 0 aliphatic carbocycles. The molecule has 4 aromatic rings. The first-order chi connectivity index (χ1) is 12.7. The number of thiazole rings is 1. The lowest BCUT2D eigenvalue weighted by Crippen LogP contribution is -2.03. The molecule has 2 aromatic heterocycles. The smallest absolute Gasteiger partial charge is 0.204 e. The quantitative estimate of drug-likeness (QED) is 0.334. The summed E-state index contributed by atoms with van der Waals surface area (Å²) in [5.74, 6) is 0. The maximum Gasteiger partial charge on any atom is 0.204 e. The minimum Gasteiger partial charge on any atom is -0.342 e. The number of hydrogen-bond donors (Lipinski definition) is 1. The van der Waals surface area contributed by atoms with Crippen LogP contribution in [-0.2, 0) is 6.54 Å². The fourth-order valence-electron chi connectivity index (χ4n) is 2.60. The Hall–Kier alpha value is -2.34. The zero-order chi connectivity index (χ0) is 17.9. The molecule has 0 saturated carbocycles. The fourth-order valence-corrected chi connectivity index (χ4v) is 3.73. The minimum absolute atomic E-state index is 0.559. The van der Waals surface area contributed by atoms with E-state index in [-0.39, 0.29) is 0 Å². The summed E-state index contributed by atoms with van der Waals surface area (Å²) in [6, 6.07) is 17.7. The zero-order valence-electron chi connectivity index (χ0n) is 13.6. The van der Waals surface area contributed by atoms with Gasteiger partial charge in [-0.3, -0.25) is 5.43 Å². The van der Waals surface area contributed by atoms with Gasteiger partial charge in [-0.15, -0.1) is 0 Å². The highest BCUT2D eigenvalue weighted by Crippen LogP contribution is 2.25. The number of nitrogens with one attached hydrogen (secondary N) is 1. The van der Waals surface area contributed by atoms with Crippen molar-refractivity contribution in [1.29, 1.82) is 0 Å². The van der Waals surface area contributed by atoms with Gasteiger partial charge in [-0.2, -0.15) is 5.10 Å². The van der Waals surface area contributed by atoms with Crippen LogP contribution in [0.3, 0.4) is 0 Å². The van der Waals surface area contributed by atoms with E-state index in [0.717, 1.165) is 26.6 Å². The molecule has 0 aliphatic rings. The molecular weight excluding hydrogens is 387 g/mol. The molecule has 0 fully saturated rings. The summed E-state index contributed by atoms with van der Waals surface area (Å²) >= 11 is 13.6. The molecule has 2 aromatic carbocycles. The monoisotopic (exact) mass is 400 g/mol. The molecule has 1 N–H and O–H groups in total. The molecule has 0 saturated heterocycles. The van der Waals surface area contributed by atoms with E-state index in [1.807, 2.05) is 60.8 Å². The molecule has 7 heteroatoms. The summed E-state index contributed by atoms with van der Waals surface area (Å²) in [4.78, 5) is 4.50. The van der Waals surface area contributed by atoms with E-state index < -0.39 is 0 Å². The van der Waals surface area contributed by atoms with Gasteiger partial charge >= 0.3 is 0 Å². The number of nitrogens with zero attached hydrogens (tertiary/aromatic N) is 3. The van der Waals surface area contributed by atoms with Crippen molar-refractivity contribution in [3.63, 3.8) is 0 Å². The number of aromatic nitrogens is 2. The molecule has 0 aliphatic heterocycles. The third-order valence-corrected chi connectivity index (χ3v) is 5.53. The predicted molar refractivity (Wildman–Crippen MR) is 111 cm³/mol. The van der Waals surface area contributed by atoms with Crippen molar-refractivity contribution in [2.75, 3.05) is 5.43 Å². The first-order valence-corrected chi connectivity index (χ1v) is 9.50. The number of hydrogen-bond acceptors (Lipinski definition) is 4. The van der Waals surface area contributed by atoms with Crippen LogP contribution in [0.1, 0.15) is 11.3 Å². The van der Waals surface area contributed by atoms with Crippen LogP contribution in [0.5, 0.6) is 0 Å². The molecule has 0 atom stereocenters. The molecule has 2 heterocycles. The maximum atomic E-state index is 6.10. The van der Waals surface area contributed by atoms with Crippen LogP contribution in [0.4, 0.5) is 5.13 Å². The molecule has 0 bridgehead atoms. The van der Waals surface area contributed by atoms with E-state index in [9.17, 15) is 0 Å². The van der Waals surface area contributed by atoms with Gasteiger partial charge in [0.2, 0.25) is 5.13 Å². The second-order valence-electron chi connectivity index (χ2n) is 5.67. The number of hydrazone groups is 1. The molecule has 26 heavy (non-hydrogen) atoms. The molecule has 4 rings (SSSR count). The highest BCUT2D eigenvalue weighted by Gasteiger charge is 2.04. The normalized spacial score (nSPS) is 11.5. The van der Waals surface area contributed by atoms with Crippen LogP contribution in [0.25, 0.3) is 10.2 Å². The summed E-state index contributed by atoms with van der Waals surface area (Å²) in [5.41, 5.74) is 6.03. The Morgan fingerprint density at radius 1 is 1.08 bits per heavy atom.